The van der Waals surface area contributed by atoms with Gasteiger partial charge in [-0.05, 0) is 19.4 Å². The van der Waals surface area contributed by atoms with E-state index in [0.29, 0.717) is 6.04 Å². The molecule has 0 atom stereocenters. The standard InChI is InChI=1S/C20H24N4OS/c1-14(2)21-19-18-16(15-6-4-3-5-7-15)13-26-20(18)23-17(22-19)12-24-8-10-25-11-9-24/h3-7,13-14H,8-12H2,1-2H3,(H,21,22,23)/p+1. The molecule has 1 aromatic carbocycles. The Morgan fingerprint density at radius 2 is 1.92 bits per heavy atom. The summed E-state index contributed by atoms with van der Waals surface area (Å²) in [6.45, 7) is 8.84. The summed E-state index contributed by atoms with van der Waals surface area (Å²) in [4.78, 5) is 12.4. The summed E-state index contributed by atoms with van der Waals surface area (Å²) in [5, 5.41) is 6.88. The summed E-state index contributed by atoms with van der Waals surface area (Å²) in [5.74, 6) is 1.87. The average Bonchev–Trinajstić information content (AvgIpc) is 3.07. The van der Waals surface area contributed by atoms with Gasteiger partial charge in [0.15, 0.2) is 5.82 Å². The largest absolute Gasteiger partial charge is 0.370 e. The van der Waals surface area contributed by atoms with Gasteiger partial charge in [-0.25, -0.2) is 9.97 Å². The molecular weight excluding hydrogens is 344 g/mol. The highest BCUT2D eigenvalue weighted by Gasteiger charge is 2.20. The third-order valence-corrected chi connectivity index (χ3v) is 5.47. The first-order chi connectivity index (χ1) is 12.7. The fraction of sp³-hybridized carbons (Fsp3) is 0.400. The van der Waals surface area contributed by atoms with Crippen molar-refractivity contribution in [2.75, 3.05) is 31.6 Å². The maximum atomic E-state index is 5.46. The van der Waals surface area contributed by atoms with Crippen LogP contribution >= 0.6 is 11.3 Å². The zero-order valence-corrected chi connectivity index (χ0v) is 16.1. The van der Waals surface area contributed by atoms with Crippen LogP contribution in [0.1, 0.15) is 19.7 Å². The van der Waals surface area contributed by atoms with Crippen molar-refractivity contribution in [2.45, 2.75) is 26.4 Å². The number of rotatable bonds is 5. The molecule has 5 nitrogen and oxygen atoms in total. The Morgan fingerprint density at radius 1 is 1.15 bits per heavy atom. The van der Waals surface area contributed by atoms with E-state index in [1.165, 1.54) is 16.0 Å². The Hall–Kier alpha value is -2.02. The van der Waals surface area contributed by atoms with Gasteiger partial charge in [-0.2, -0.15) is 0 Å². The Kier molecular flexibility index (Phi) is 5.15. The second-order valence-electron chi connectivity index (χ2n) is 7.02. The van der Waals surface area contributed by atoms with Crippen molar-refractivity contribution < 1.29 is 9.64 Å². The molecular formula is C20H25N4OS+. The zero-order chi connectivity index (χ0) is 17.9. The van der Waals surface area contributed by atoms with Gasteiger partial charge in [-0.3, -0.25) is 0 Å². The van der Waals surface area contributed by atoms with Gasteiger partial charge in [0.2, 0.25) is 0 Å². The predicted octanol–water partition coefficient (Wildman–Crippen LogP) is 2.59. The van der Waals surface area contributed by atoms with Crippen LogP contribution in [0.4, 0.5) is 5.82 Å². The van der Waals surface area contributed by atoms with Crippen LogP contribution in [0.2, 0.25) is 0 Å². The van der Waals surface area contributed by atoms with E-state index in [9.17, 15) is 0 Å². The Bertz CT molecular complexity index is 872. The number of nitrogens with zero attached hydrogens (tertiary/aromatic N) is 2. The third kappa shape index (κ3) is 3.72. The predicted molar refractivity (Wildman–Crippen MR) is 107 cm³/mol. The minimum atomic E-state index is 0.320. The molecule has 0 saturated carbocycles. The minimum Gasteiger partial charge on any atom is -0.370 e. The van der Waals surface area contributed by atoms with Crippen LogP contribution in [-0.2, 0) is 11.3 Å². The van der Waals surface area contributed by atoms with Crippen molar-refractivity contribution in [3.05, 3.63) is 41.5 Å². The molecule has 0 amide bonds. The quantitative estimate of drug-likeness (QED) is 0.726. The lowest BCUT2D eigenvalue weighted by molar-refractivity contribution is -0.922. The van der Waals surface area contributed by atoms with Crippen LogP contribution < -0.4 is 10.2 Å². The highest BCUT2D eigenvalue weighted by Crippen LogP contribution is 2.37. The summed E-state index contributed by atoms with van der Waals surface area (Å²) in [5.41, 5.74) is 2.42. The average molecular weight is 370 g/mol. The van der Waals surface area contributed by atoms with Crippen LogP contribution in [-0.4, -0.2) is 42.3 Å². The second kappa shape index (κ2) is 7.70. The van der Waals surface area contributed by atoms with E-state index < -0.39 is 0 Å². The van der Waals surface area contributed by atoms with Crippen molar-refractivity contribution in [3.63, 3.8) is 0 Å². The molecule has 26 heavy (non-hydrogen) atoms. The molecule has 0 aliphatic carbocycles. The first-order valence-electron chi connectivity index (χ1n) is 9.22. The number of quaternary nitrogens is 1. The molecule has 1 fully saturated rings. The van der Waals surface area contributed by atoms with E-state index in [1.54, 1.807) is 11.3 Å². The van der Waals surface area contributed by atoms with Crippen molar-refractivity contribution in [3.8, 4) is 11.1 Å². The van der Waals surface area contributed by atoms with Crippen LogP contribution in [0, 0.1) is 0 Å². The first kappa shape index (κ1) is 17.4. The smallest absolute Gasteiger partial charge is 0.187 e. The summed E-state index contributed by atoms with van der Waals surface area (Å²) < 4.78 is 5.46. The van der Waals surface area contributed by atoms with Crippen LogP contribution in [0.5, 0.6) is 0 Å². The molecule has 3 heterocycles. The van der Waals surface area contributed by atoms with Gasteiger partial charge in [0, 0.05) is 17.0 Å². The number of benzene rings is 1. The topological polar surface area (TPSA) is 51.5 Å². The van der Waals surface area contributed by atoms with Crippen LogP contribution in [0.25, 0.3) is 21.3 Å². The lowest BCUT2D eigenvalue weighted by Gasteiger charge is -2.23. The molecule has 2 N–H and O–H groups in total. The van der Waals surface area contributed by atoms with Gasteiger partial charge in [0.1, 0.15) is 30.3 Å². The van der Waals surface area contributed by atoms with E-state index in [2.05, 4.69) is 48.8 Å². The molecule has 1 aliphatic heterocycles. The summed E-state index contributed by atoms with van der Waals surface area (Å²) >= 11 is 1.70. The molecule has 136 valence electrons. The SMILES string of the molecule is CC(C)Nc1nc(C[NH+]2CCOCC2)nc2scc(-c3ccccc3)c12. The molecule has 0 spiro atoms. The van der Waals surface area contributed by atoms with Gasteiger partial charge in [-0.15, -0.1) is 11.3 Å². The van der Waals surface area contributed by atoms with E-state index in [1.807, 2.05) is 6.07 Å². The number of fused-ring (bicyclic) bond motifs is 1. The Balaban J connectivity index is 1.75. The molecule has 3 aromatic rings. The number of thiophene rings is 1. The second-order valence-corrected chi connectivity index (χ2v) is 7.88. The molecule has 0 unspecified atom stereocenters. The highest BCUT2D eigenvalue weighted by molar-refractivity contribution is 7.17. The van der Waals surface area contributed by atoms with Gasteiger partial charge < -0.3 is 15.0 Å². The van der Waals surface area contributed by atoms with Crippen molar-refractivity contribution >= 4 is 27.4 Å². The fourth-order valence-electron chi connectivity index (χ4n) is 3.33. The number of nitrogens with one attached hydrogen (secondary N) is 2. The van der Waals surface area contributed by atoms with Crippen molar-refractivity contribution in [1.82, 2.24) is 9.97 Å². The maximum absolute atomic E-state index is 5.46. The van der Waals surface area contributed by atoms with Crippen LogP contribution in [0.3, 0.4) is 0 Å². The monoisotopic (exact) mass is 369 g/mol. The Morgan fingerprint density at radius 3 is 2.65 bits per heavy atom. The maximum Gasteiger partial charge on any atom is 0.187 e. The van der Waals surface area contributed by atoms with Gasteiger partial charge in [-0.1, -0.05) is 30.3 Å². The number of hydrogen-bond acceptors (Lipinski definition) is 5. The van der Waals surface area contributed by atoms with Crippen molar-refractivity contribution in [2.24, 2.45) is 0 Å². The van der Waals surface area contributed by atoms with E-state index in [0.717, 1.165) is 54.7 Å². The fourth-order valence-corrected chi connectivity index (χ4v) is 4.30. The van der Waals surface area contributed by atoms with Gasteiger partial charge >= 0.3 is 0 Å². The van der Waals surface area contributed by atoms with Crippen LogP contribution in [0.15, 0.2) is 35.7 Å². The van der Waals surface area contributed by atoms with E-state index in [-0.39, 0.29) is 0 Å². The summed E-state index contributed by atoms with van der Waals surface area (Å²) in [6, 6.07) is 10.8. The molecule has 0 radical (unpaired) electrons. The number of anilines is 1. The normalized spacial score (nSPS) is 15.7. The summed E-state index contributed by atoms with van der Waals surface area (Å²) in [7, 11) is 0. The number of hydrogen-bond donors (Lipinski definition) is 2. The van der Waals surface area contributed by atoms with Crippen molar-refractivity contribution in [1.29, 1.82) is 0 Å². The molecule has 6 heteroatoms. The molecule has 0 bridgehead atoms. The number of morpholine rings is 1. The molecule has 1 saturated heterocycles. The molecule has 1 aliphatic rings. The first-order valence-corrected chi connectivity index (χ1v) is 10.1. The Labute approximate surface area is 158 Å². The highest BCUT2D eigenvalue weighted by atomic mass is 32.1. The number of aromatic nitrogens is 2. The van der Waals surface area contributed by atoms with Gasteiger partial charge in [0.05, 0.1) is 18.6 Å². The lowest BCUT2D eigenvalue weighted by atomic mass is 10.1. The third-order valence-electron chi connectivity index (χ3n) is 4.60. The van der Waals surface area contributed by atoms with Gasteiger partial charge in [0.25, 0.3) is 0 Å². The van der Waals surface area contributed by atoms with E-state index >= 15 is 0 Å². The number of ether oxygens (including phenoxy) is 1. The van der Waals surface area contributed by atoms with E-state index in [4.69, 9.17) is 14.7 Å². The summed E-state index contributed by atoms with van der Waals surface area (Å²) in [6.07, 6.45) is 0. The molecule has 2 aromatic heterocycles. The minimum absolute atomic E-state index is 0.320. The zero-order valence-electron chi connectivity index (χ0n) is 15.3. The molecule has 4 rings (SSSR count). The lowest BCUT2D eigenvalue weighted by Crippen LogP contribution is -3.12.